The molecule has 7 nitrogen and oxygen atoms in total. The molecule has 0 fully saturated rings. The summed E-state index contributed by atoms with van der Waals surface area (Å²) in [5.74, 6) is -0.668. The molecular weight excluding hydrogens is 339 g/mol. The lowest BCUT2D eigenvalue weighted by atomic mass is 10.3. The third kappa shape index (κ3) is 3.01. The highest BCUT2D eigenvalue weighted by molar-refractivity contribution is 6.37. The second kappa shape index (κ2) is 5.94. The van der Waals surface area contributed by atoms with Crippen molar-refractivity contribution in [3.63, 3.8) is 0 Å². The van der Waals surface area contributed by atoms with E-state index in [4.69, 9.17) is 28.9 Å². The fraction of sp³-hybridized carbons (Fsp3) is 0.0714. The fourth-order valence-electron chi connectivity index (χ4n) is 2.11. The number of carbonyl (C=O) groups is 1. The minimum absolute atomic E-state index is 0.0739. The minimum atomic E-state index is -0.668. The highest BCUT2D eigenvalue weighted by Gasteiger charge is 2.18. The maximum Gasteiger partial charge on any atom is 0.271 e. The summed E-state index contributed by atoms with van der Waals surface area (Å²) in [6.07, 6.45) is 4.97. The lowest BCUT2D eigenvalue weighted by Gasteiger charge is -2.06. The molecule has 9 heteroatoms. The topological polar surface area (TPSA) is 90.8 Å². The molecule has 0 saturated heterocycles. The molecule has 0 radical (unpaired) electrons. The molecule has 3 rings (SSSR count). The van der Waals surface area contributed by atoms with E-state index in [1.165, 1.54) is 4.68 Å². The molecule has 2 heterocycles. The number of aromatic nitrogens is 4. The number of hydrogen-bond acceptors (Lipinski definition) is 4. The van der Waals surface area contributed by atoms with Crippen LogP contribution in [0, 0.1) is 0 Å². The maximum absolute atomic E-state index is 11.7. The van der Waals surface area contributed by atoms with Gasteiger partial charge in [0.15, 0.2) is 5.69 Å². The SMILES string of the molecule is Cn1cc(Nc2cn(-c3c(Cl)cccc3Cl)nc2C(N)=O)cn1. The van der Waals surface area contributed by atoms with Gasteiger partial charge in [0.1, 0.15) is 5.69 Å². The molecule has 118 valence electrons. The first-order valence-corrected chi connectivity index (χ1v) is 7.31. The first-order valence-electron chi connectivity index (χ1n) is 6.55. The third-order valence-corrected chi connectivity index (χ3v) is 3.71. The van der Waals surface area contributed by atoms with Gasteiger partial charge in [-0.25, -0.2) is 4.68 Å². The van der Waals surface area contributed by atoms with Crippen LogP contribution in [-0.2, 0) is 7.05 Å². The predicted octanol–water partition coefficient (Wildman–Crippen LogP) is 2.76. The molecule has 0 bridgehead atoms. The Kier molecular flexibility index (Phi) is 3.97. The summed E-state index contributed by atoms with van der Waals surface area (Å²) in [6.45, 7) is 0. The molecule has 1 aromatic carbocycles. The number of aryl methyl sites for hydroxylation is 1. The van der Waals surface area contributed by atoms with E-state index in [2.05, 4.69) is 15.5 Å². The van der Waals surface area contributed by atoms with Crippen LogP contribution >= 0.6 is 23.2 Å². The summed E-state index contributed by atoms with van der Waals surface area (Å²) in [5.41, 5.74) is 7.07. The van der Waals surface area contributed by atoms with Gasteiger partial charge in [0.25, 0.3) is 5.91 Å². The van der Waals surface area contributed by atoms with Crippen molar-refractivity contribution in [3.8, 4) is 5.69 Å². The van der Waals surface area contributed by atoms with Crippen LogP contribution in [-0.4, -0.2) is 25.5 Å². The van der Waals surface area contributed by atoms with Crippen LogP contribution in [0.15, 0.2) is 36.8 Å². The van der Waals surface area contributed by atoms with Gasteiger partial charge in [0.2, 0.25) is 0 Å². The Morgan fingerprint density at radius 3 is 2.52 bits per heavy atom. The van der Waals surface area contributed by atoms with Crippen LogP contribution in [0.5, 0.6) is 0 Å². The molecule has 0 aliphatic heterocycles. The minimum Gasteiger partial charge on any atom is -0.364 e. The van der Waals surface area contributed by atoms with Crippen molar-refractivity contribution in [2.24, 2.45) is 12.8 Å². The van der Waals surface area contributed by atoms with Gasteiger partial charge in [-0.3, -0.25) is 9.48 Å². The van der Waals surface area contributed by atoms with Crippen molar-refractivity contribution >= 4 is 40.5 Å². The predicted molar refractivity (Wildman–Crippen MR) is 88.6 cm³/mol. The summed E-state index contributed by atoms with van der Waals surface area (Å²) in [4.78, 5) is 11.7. The van der Waals surface area contributed by atoms with E-state index in [-0.39, 0.29) is 5.69 Å². The smallest absolute Gasteiger partial charge is 0.271 e. The van der Waals surface area contributed by atoms with Gasteiger partial charge in [0.05, 0.1) is 33.8 Å². The largest absolute Gasteiger partial charge is 0.364 e. The standard InChI is InChI=1S/C14H12Cl2N6O/c1-21-6-8(5-18-21)19-11-7-22(20-12(11)14(17)23)13-9(15)3-2-4-10(13)16/h2-7,19H,1H3,(H2,17,23). The van der Waals surface area contributed by atoms with Crippen LogP contribution in [0.3, 0.4) is 0 Å². The second-order valence-electron chi connectivity index (χ2n) is 4.80. The van der Waals surface area contributed by atoms with Crippen LogP contribution in [0.2, 0.25) is 10.0 Å². The Balaban J connectivity index is 2.07. The average Bonchev–Trinajstić information content (AvgIpc) is 3.06. The zero-order chi connectivity index (χ0) is 16.6. The van der Waals surface area contributed by atoms with E-state index in [1.807, 2.05) is 0 Å². The van der Waals surface area contributed by atoms with Crippen molar-refractivity contribution in [2.45, 2.75) is 0 Å². The Hall–Kier alpha value is -2.51. The number of nitrogens with two attached hydrogens (primary N) is 1. The molecule has 3 aromatic rings. The molecule has 0 aliphatic carbocycles. The van der Waals surface area contributed by atoms with Crippen molar-refractivity contribution in [3.05, 3.63) is 52.5 Å². The molecule has 0 saturated carbocycles. The maximum atomic E-state index is 11.7. The molecule has 3 N–H and O–H groups in total. The zero-order valence-electron chi connectivity index (χ0n) is 12.0. The lowest BCUT2D eigenvalue weighted by Crippen LogP contribution is -2.14. The summed E-state index contributed by atoms with van der Waals surface area (Å²) in [7, 11) is 1.78. The molecule has 2 aromatic heterocycles. The first kappa shape index (κ1) is 15.4. The van der Waals surface area contributed by atoms with Gasteiger partial charge in [-0.1, -0.05) is 29.3 Å². The number of amides is 1. The quantitative estimate of drug-likeness (QED) is 0.756. The highest BCUT2D eigenvalue weighted by Crippen LogP contribution is 2.30. The number of para-hydroxylation sites is 1. The number of nitrogens with one attached hydrogen (secondary N) is 1. The van der Waals surface area contributed by atoms with Gasteiger partial charge < -0.3 is 11.1 Å². The van der Waals surface area contributed by atoms with Crippen LogP contribution in [0.4, 0.5) is 11.4 Å². The summed E-state index contributed by atoms with van der Waals surface area (Å²) in [6, 6.07) is 5.09. The average molecular weight is 351 g/mol. The van der Waals surface area contributed by atoms with E-state index < -0.39 is 5.91 Å². The van der Waals surface area contributed by atoms with E-state index in [9.17, 15) is 4.79 Å². The van der Waals surface area contributed by atoms with E-state index in [0.29, 0.717) is 27.1 Å². The van der Waals surface area contributed by atoms with Gasteiger partial charge in [-0.05, 0) is 12.1 Å². The number of nitrogens with zero attached hydrogens (tertiary/aromatic N) is 4. The van der Waals surface area contributed by atoms with Crippen LogP contribution in [0.25, 0.3) is 5.69 Å². The monoisotopic (exact) mass is 350 g/mol. The highest BCUT2D eigenvalue weighted by atomic mass is 35.5. The van der Waals surface area contributed by atoms with E-state index in [1.54, 1.807) is 48.5 Å². The summed E-state index contributed by atoms with van der Waals surface area (Å²) in [5, 5.41) is 12.1. The third-order valence-electron chi connectivity index (χ3n) is 3.10. The van der Waals surface area contributed by atoms with Crippen molar-refractivity contribution in [1.29, 1.82) is 0 Å². The fourth-order valence-corrected chi connectivity index (χ4v) is 2.68. The molecule has 0 atom stereocenters. The Bertz CT molecular complexity index is 865. The van der Waals surface area contributed by atoms with Gasteiger partial charge in [-0.15, -0.1) is 0 Å². The molecule has 1 amide bonds. The summed E-state index contributed by atoms with van der Waals surface area (Å²) >= 11 is 12.3. The molecular formula is C14H12Cl2N6O. The van der Waals surface area contributed by atoms with Gasteiger partial charge in [0, 0.05) is 13.2 Å². The van der Waals surface area contributed by atoms with Crippen LogP contribution < -0.4 is 11.1 Å². The van der Waals surface area contributed by atoms with E-state index in [0.717, 1.165) is 0 Å². The Morgan fingerprint density at radius 2 is 1.96 bits per heavy atom. The van der Waals surface area contributed by atoms with Gasteiger partial charge >= 0.3 is 0 Å². The molecule has 0 unspecified atom stereocenters. The number of hydrogen-bond donors (Lipinski definition) is 2. The number of primary amides is 1. The normalized spacial score (nSPS) is 10.7. The number of carbonyl (C=O) groups excluding carboxylic acids is 1. The number of anilines is 2. The molecule has 23 heavy (non-hydrogen) atoms. The van der Waals surface area contributed by atoms with Gasteiger partial charge in [-0.2, -0.15) is 10.2 Å². The molecule has 0 aliphatic rings. The van der Waals surface area contributed by atoms with Crippen molar-refractivity contribution < 1.29 is 4.79 Å². The second-order valence-corrected chi connectivity index (χ2v) is 5.61. The number of rotatable bonds is 4. The first-order chi connectivity index (χ1) is 11.0. The van der Waals surface area contributed by atoms with E-state index >= 15 is 0 Å². The van der Waals surface area contributed by atoms with Crippen molar-refractivity contribution in [2.75, 3.05) is 5.32 Å². The number of halogens is 2. The molecule has 0 spiro atoms. The zero-order valence-corrected chi connectivity index (χ0v) is 13.5. The van der Waals surface area contributed by atoms with Crippen molar-refractivity contribution in [1.82, 2.24) is 19.6 Å². The Labute approximate surface area is 141 Å². The lowest BCUT2D eigenvalue weighted by molar-refractivity contribution is 0.0996. The Morgan fingerprint density at radius 1 is 1.26 bits per heavy atom. The summed E-state index contributed by atoms with van der Waals surface area (Å²) < 4.78 is 3.05. The van der Waals surface area contributed by atoms with Crippen LogP contribution in [0.1, 0.15) is 10.5 Å². The number of benzene rings is 1.